The SMILES string of the molecule is CC12CCOC1=Cc1ccccc1CC2. The number of allylic oxidation sites excluding steroid dienone is 1. The van der Waals surface area contributed by atoms with E-state index in [1.165, 1.54) is 36.1 Å². The molecular weight excluding hydrogens is 184 g/mol. The fraction of sp³-hybridized carbons (Fsp3) is 0.429. The van der Waals surface area contributed by atoms with Gasteiger partial charge in [-0.2, -0.15) is 0 Å². The summed E-state index contributed by atoms with van der Waals surface area (Å²) in [7, 11) is 0. The lowest BCUT2D eigenvalue weighted by Gasteiger charge is -2.21. The second-order valence-corrected chi connectivity index (χ2v) is 4.87. The zero-order valence-corrected chi connectivity index (χ0v) is 9.12. The van der Waals surface area contributed by atoms with Gasteiger partial charge in [0.05, 0.1) is 6.61 Å². The molecule has 0 radical (unpaired) electrons. The van der Waals surface area contributed by atoms with E-state index in [4.69, 9.17) is 4.74 Å². The van der Waals surface area contributed by atoms with Crippen molar-refractivity contribution in [2.45, 2.75) is 26.2 Å². The molecule has 0 aromatic heterocycles. The highest BCUT2D eigenvalue weighted by Crippen LogP contribution is 2.44. The summed E-state index contributed by atoms with van der Waals surface area (Å²) in [5, 5.41) is 0. The lowest BCUT2D eigenvalue weighted by atomic mass is 9.82. The van der Waals surface area contributed by atoms with Crippen molar-refractivity contribution < 1.29 is 4.74 Å². The van der Waals surface area contributed by atoms with E-state index in [2.05, 4.69) is 37.3 Å². The van der Waals surface area contributed by atoms with E-state index in [0.29, 0.717) is 5.41 Å². The van der Waals surface area contributed by atoms with Gasteiger partial charge in [-0.3, -0.25) is 0 Å². The molecule has 0 bridgehead atoms. The van der Waals surface area contributed by atoms with Crippen molar-refractivity contribution in [3.05, 3.63) is 41.2 Å². The van der Waals surface area contributed by atoms with Crippen LogP contribution in [0.25, 0.3) is 6.08 Å². The van der Waals surface area contributed by atoms with Crippen molar-refractivity contribution in [3.63, 3.8) is 0 Å². The summed E-state index contributed by atoms with van der Waals surface area (Å²) in [6, 6.07) is 8.65. The Morgan fingerprint density at radius 2 is 2.07 bits per heavy atom. The Morgan fingerprint density at radius 1 is 1.20 bits per heavy atom. The summed E-state index contributed by atoms with van der Waals surface area (Å²) in [5.41, 5.74) is 3.10. The van der Waals surface area contributed by atoms with Crippen LogP contribution in [0.1, 0.15) is 30.9 Å². The largest absolute Gasteiger partial charge is 0.497 e. The molecule has 1 atom stereocenters. The van der Waals surface area contributed by atoms with E-state index in [0.717, 1.165) is 6.61 Å². The Labute approximate surface area is 90.8 Å². The normalized spacial score (nSPS) is 28.5. The first kappa shape index (κ1) is 9.02. The number of hydrogen-bond donors (Lipinski definition) is 0. The van der Waals surface area contributed by atoms with E-state index < -0.39 is 0 Å². The second kappa shape index (κ2) is 3.13. The van der Waals surface area contributed by atoms with E-state index in [-0.39, 0.29) is 0 Å². The highest BCUT2D eigenvalue weighted by Gasteiger charge is 2.36. The highest BCUT2D eigenvalue weighted by molar-refractivity contribution is 5.58. The van der Waals surface area contributed by atoms with Crippen molar-refractivity contribution in [2.24, 2.45) is 5.41 Å². The van der Waals surface area contributed by atoms with Crippen LogP contribution in [0.15, 0.2) is 30.0 Å². The Balaban J connectivity index is 2.10. The minimum absolute atomic E-state index is 0.291. The van der Waals surface area contributed by atoms with Gasteiger partial charge < -0.3 is 4.74 Å². The fourth-order valence-electron chi connectivity index (χ4n) is 2.60. The lowest BCUT2D eigenvalue weighted by Crippen LogP contribution is -2.13. The first-order valence-electron chi connectivity index (χ1n) is 5.71. The lowest BCUT2D eigenvalue weighted by molar-refractivity contribution is 0.247. The maximum atomic E-state index is 5.76. The summed E-state index contributed by atoms with van der Waals surface area (Å²) in [6.45, 7) is 3.22. The fourth-order valence-corrected chi connectivity index (χ4v) is 2.60. The third-order valence-corrected chi connectivity index (χ3v) is 3.79. The first-order valence-corrected chi connectivity index (χ1v) is 5.71. The maximum absolute atomic E-state index is 5.76. The Morgan fingerprint density at radius 3 is 3.00 bits per heavy atom. The summed E-state index contributed by atoms with van der Waals surface area (Å²) >= 11 is 0. The van der Waals surface area contributed by atoms with Gasteiger partial charge in [0.1, 0.15) is 5.76 Å². The zero-order chi connectivity index (χ0) is 10.3. The van der Waals surface area contributed by atoms with Crippen molar-refractivity contribution in [1.82, 2.24) is 0 Å². The average Bonchev–Trinajstić information content (AvgIpc) is 2.54. The number of fused-ring (bicyclic) bond motifs is 2. The third-order valence-electron chi connectivity index (χ3n) is 3.79. The molecule has 2 aliphatic rings. The van der Waals surface area contributed by atoms with Crippen LogP contribution in [0.4, 0.5) is 0 Å². The molecule has 1 fully saturated rings. The van der Waals surface area contributed by atoms with Crippen LogP contribution in [0, 0.1) is 5.41 Å². The standard InChI is InChI=1S/C14H16O/c1-14-7-6-11-4-2-3-5-12(11)10-13(14)15-9-8-14/h2-5,10H,6-9H2,1H3. The molecule has 0 saturated carbocycles. The van der Waals surface area contributed by atoms with Crippen LogP contribution in [0.5, 0.6) is 0 Å². The summed E-state index contributed by atoms with van der Waals surface area (Å²) in [6.07, 6.45) is 5.81. The third kappa shape index (κ3) is 1.38. The van der Waals surface area contributed by atoms with Gasteiger partial charge in [0.25, 0.3) is 0 Å². The van der Waals surface area contributed by atoms with Gasteiger partial charge in [0.2, 0.25) is 0 Å². The van der Waals surface area contributed by atoms with Crippen LogP contribution in [-0.2, 0) is 11.2 Å². The number of aryl methyl sites for hydroxylation is 1. The molecule has 1 nitrogen and oxygen atoms in total. The van der Waals surface area contributed by atoms with Gasteiger partial charge in [-0.15, -0.1) is 0 Å². The minimum Gasteiger partial charge on any atom is -0.497 e. The van der Waals surface area contributed by atoms with E-state index in [1.807, 2.05) is 0 Å². The predicted molar refractivity (Wildman–Crippen MR) is 61.4 cm³/mol. The van der Waals surface area contributed by atoms with Gasteiger partial charge in [-0.05, 0) is 36.5 Å². The molecule has 1 aromatic carbocycles. The summed E-state index contributed by atoms with van der Waals surface area (Å²) in [5.74, 6) is 1.20. The van der Waals surface area contributed by atoms with Crippen molar-refractivity contribution in [2.75, 3.05) is 6.61 Å². The quantitative estimate of drug-likeness (QED) is 0.623. The molecule has 1 heteroatoms. The maximum Gasteiger partial charge on any atom is 0.103 e. The topological polar surface area (TPSA) is 9.23 Å². The molecular formula is C14H16O. The molecule has 1 heterocycles. The Kier molecular flexibility index (Phi) is 1.88. The van der Waals surface area contributed by atoms with Crippen molar-refractivity contribution >= 4 is 6.08 Å². The van der Waals surface area contributed by atoms with E-state index in [1.54, 1.807) is 0 Å². The molecule has 1 aliphatic carbocycles. The van der Waals surface area contributed by atoms with Gasteiger partial charge >= 0.3 is 0 Å². The van der Waals surface area contributed by atoms with E-state index >= 15 is 0 Å². The molecule has 15 heavy (non-hydrogen) atoms. The smallest absolute Gasteiger partial charge is 0.103 e. The summed E-state index contributed by atoms with van der Waals surface area (Å²) < 4.78 is 5.76. The van der Waals surface area contributed by atoms with Crippen molar-refractivity contribution in [1.29, 1.82) is 0 Å². The Hall–Kier alpha value is -1.24. The van der Waals surface area contributed by atoms with Crippen LogP contribution < -0.4 is 0 Å². The molecule has 1 aliphatic heterocycles. The average molecular weight is 200 g/mol. The number of rotatable bonds is 0. The molecule has 0 N–H and O–H groups in total. The Bertz CT molecular complexity index is 419. The van der Waals surface area contributed by atoms with Crippen LogP contribution >= 0.6 is 0 Å². The van der Waals surface area contributed by atoms with Gasteiger partial charge in [0, 0.05) is 5.41 Å². The molecule has 1 aromatic rings. The van der Waals surface area contributed by atoms with Crippen LogP contribution in [0.2, 0.25) is 0 Å². The van der Waals surface area contributed by atoms with Gasteiger partial charge in [-0.25, -0.2) is 0 Å². The number of hydrogen-bond acceptors (Lipinski definition) is 1. The van der Waals surface area contributed by atoms with Crippen LogP contribution in [0.3, 0.4) is 0 Å². The zero-order valence-electron chi connectivity index (χ0n) is 9.12. The molecule has 0 amide bonds. The first-order chi connectivity index (χ1) is 7.28. The van der Waals surface area contributed by atoms with Gasteiger partial charge in [-0.1, -0.05) is 31.2 Å². The summed E-state index contributed by atoms with van der Waals surface area (Å²) in [4.78, 5) is 0. The van der Waals surface area contributed by atoms with Crippen LogP contribution in [-0.4, -0.2) is 6.61 Å². The molecule has 0 spiro atoms. The van der Waals surface area contributed by atoms with Crippen molar-refractivity contribution in [3.8, 4) is 0 Å². The van der Waals surface area contributed by atoms with Gasteiger partial charge in [0.15, 0.2) is 0 Å². The van der Waals surface area contributed by atoms with E-state index in [9.17, 15) is 0 Å². The highest BCUT2D eigenvalue weighted by atomic mass is 16.5. The molecule has 1 unspecified atom stereocenters. The molecule has 3 rings (SSSR count). The second-order valence-electron chi connectivity index (χ2n) is 4.87. The molecule has 1 saturated heterocycles. The monoisotopic (exact) mass is 200 g/mol. The minimum atomic E-state index is 0.291. The number of ether oxygens (including phenoxy) is 1. The number of benzene rings is 1. The predicted octanol–water partition coefficient (Wildman–Crippen LogP) is 3.40. The molecule has 78 valence electrons.